The topological polar surface area (TPSA) is 107 Å². The summed E-state index contributed by atoms with van der Waals surface area (Å²) in [6.45, 7) is 4.30. The van der Waals surface area contributed by atoms with Crippen LogP contribution < -0.4 is 5.32 Å². The molecule has 1 amide bonds. The van der Waals surface area contributed by atoms with E-state index >= 15 is 0 Å². The first-order chi connectivity index (χ1) is 13.8. The Bertz CT molecular complexity index is 1110. The first-order valence-electron chi connectivity index (χ1n) is 8.92. The van der Waals surface area contributed by atoms with Gasteiger partial charge in [0.15, 0.2) is 25.8 Å². The molecule has 3 rings (SSSR count). The van der Waals surface area contributed by atoms with Gasteiger partial charge in [0, 0.05) is 30.2 Å². The van der Waals surface area contributed by atoms with Crippen LogP contribution in [0.4, 0.5) is 5.69 Å². The summed E-state index contributed by atoms with van der Waals surface area (Å²) in [7, 11) is -3.43. The Labute approximate surface area is 173 Å². The molecule has 2 heterocycles. The Morgan fingerprint density at radius 1 is 1.21 bits per heavy atom. The van der Waals surface area contributed by atoms with Crippen molar-refractivity contribution >= 4 is 33.2 Å². The lowest BCUT2D eigenvalue weighted by Crippen LogP contribution is -2.22. The van der Waals surface area contributed by atoms with Gasteiger partial charge in [-0.05, 0) is 38.1 Å². The van der Waals surface area contributed by atoms with Crippen molar-refractivity contribution in [2.45, 2.75) is 35.8 Å². The van der Waals surface area contributed by atoms with E-state index in [1.54, 1.807) is 13.0 Å². The quantitative estimate of drug-likeness (QED) is 0.573. The highest BCUT2D eigenvalue weighted by molar-refractivity contribution is 8.00. The summed E-state index contributed by atoms with van der Waals surface area (Å²) in [4.78, 5) is 16.4. The van der Waals surface area contributed by atoms with Crippen LogP contribution in [0.3, 0.4) is 0 Å². The number of carbonyl (C=O) groups excluding carboxylic acids is 1. The van der Waals surface area contributed by atoms with Gasteiger partial charge in [0.1, 0.15) is 0 Å². The predicted octanol–water partition coefficient (Wildman–Crippen LogP) is 2.88. The van der Waals surface area contributed by atoms with Gasteiger partial charge in [-0.1, -0.05) is 30.0 Å². The average Bonchev–Trinajstić information content (AvgIpc) is 3.10. The van der Waals surface area contributed by atoms with Crippen LogP contribution in [-0.2, 0) is 21.2 Å². The van der Waals surface area contributed by atoms with E-state index in [-0.39, 0.29) is 10.9 Å². The summed E-state index contributed by atoms with van der Waals surface area (Å²) in [5.74, 6) is 0.384. The Kier molecular flexibility index (Phi) is 6.33. The number of nitrogens with zero attached hydrogens (tertiary/aromatic N) is 4. The molecular weight excluding hydrogens is 410 g/mol. The molecule has 8 nitrogen and oxygen atoms in total. The maximum Gasteiger partial charge on any atom is 0.237 e. The fourth-order valence-electron chi connectivity index (χ4n) is 2.60. The normalized spacial score (nSPS) is 12.5. The SMILES string of the molecule is CCn1c(SC(C)C(=O)Nc2ccccc2)nnc1-c1ccnc(S(C)(=O)=O)c1. The number of carbonyl (C=O) groups is 1. The van der Waals surface area contributed by atoms with Crippen LogP contribution in [0.15, 0.2) is 58.8 Å². The standard InChI is InChI=1S/C19H21N5O3S2/c1-4-24-17(14-10-11-20-16(12-14)29(3,26)27)22-23-19(24)28-13(2)18(25)21-15-8-6-5-7-9-15/h5-13H,4H2,1-3H3,(H,21,25). The van der Waals surface area contributed by atoms with E-state index < -0.39 is 15.1 Å². The highest BCUT2D eigenvalue weighted by Crippen LogP contribution is 2.28. The second-order valence-corrected chi connectivity index (χ2v) is 9.59. The highest BCUT2D eigenvalue weighted by atomic mass is 32.2. The minimum Gasteiger partial charge on any atom is -0.325 e. The minimum absolute atomic E-state index is 0.0227. The van der Waals surface area contributed by atoms with E-state index in [1.165, 1.54) is 24.0 Å². The number of sulfone groups is 1. The third-order valence-corrected chi connectivity index (χ3v) is 6.16. The Morgan fingerprint density at radius 3 is 2.59 bits per heavy atom. The number of pyridine rings is 1. The fourth-order valence-corrected chi connectivity index (χ4v) is 4.11. The number of para-hydroxylation sites is 1. The molecule has 2 aromatic heterocycles. The molecule has 1 N–H and O–H groups in total. The second kappa shape index (κ2) is 8.75. The van der Waals surface area contributed by atoms with Gasteiger partial charge in [-0.2, -0.15) is 0 Å². The average molecular weight is 432 g/mol. The van der Waals surface area contributed by atoms with Gasteiger partial charge in [0.25, 0.3) is 0 Å². The van der Waals surface area contributed by atoms with Gasteiger partial charge in [-0.3, -0.25) is 4.79 Å². The molecule has 0 aliphatic heterocycles. The van der Waals surface area contributed by atoms with E-state index in [4.69, 9.17) is 0 Å². The number of hydrogen-bond acceptors (Lipinski definition) is 7. The van der Waals surface area contributed by atoms with Crippen LogP contribution in [-0.4, -0.2) is 45.6 Å². The van der Waals surface area contributed by atoms with E-state index in [2.05, 4.69) is 20.5 Å². The molecule has 0 saturated carbocycles. The zero-order valence-electron chi connectivity index (χ0n) is 16.2. The molecule has 0 radical (unpaired) electrons. The number of amides is 1. The molecule has 0 aliphatic rings. The van der Waals surface area contributed by atoms with Crippen molar-refractivity contribution in [3.63, 3.8) is 0 Å². The van der Waals surface area contributed by atoms with E-state index in [1.807, 2.05) is 41.8 Å². The van der Waals surface area contributed by atoms with Gasteiger partial charge >= 0.3 is 0 Å². The Hall–Kier alpha value is -2.72. The molecule has 29 heavy (non-hydrogen) atoms. The Balaban J connectivity index is 1.82. The summed E-state index contributed by atoms with van der Waals surface area (Å²) in [5.41, 5.74) is 1.33. The highest BCUT2D eigenvalue weighted by Gasteiger charge is 2.21. The van der Waals surface area contributed by atoms with Gasteiger partial charge in [0.05, 0.1) is 5.25 Å². The van der Waals surface area contributed by atoms with Crippen LogP contribution in [0, 0.1) is 0 Å². The molecular formula is C19H21N5O3S2. The lowest BCUT2D eigenvalue weighted by atomic mass is 10.2. The van der Waals surface area contributed by atoms with Crippen LogP contribution in [0.1, 0.15) is 13.8 Å². The fraction of sp³-hybridized carbons (Fsp3) is 0.263. The molecule has 0 bridgehead atoms. The predicted molar refractivity (Wildman–Crippen MR) is 112 cm³/mol. The van der Waals surface area contributed by atoms with Crippen LogP contribution in [0.2, 0.25) is 0 Å². The van der Waals surface area contributed by atoms with Gasteiger partial charge in [-0.25, -0.2) is 13.4 Å². The molecule has 0 fully saturated rings. The van der Waals surface area contributed by atoms with Crippen LogP contribution in [0.5, 0.6) is 0 Å². The van der Waals surface area contributed by atoms with Crippen LogP contribution in [0.25, 0.3) is 11.4 Å². The molecule has 0 aliphatic carbocycles. The van der Waals surface area contributed by atoms with Gasteiger partial charge in [-0.15, -0.1) is 10.2 Å². The number of benzene rings is 1. The maximum atomic E-state index is 12.5. The van der Waals surface area contributed by atoms with Crippen molar-refractivity contribution < 1.29 is 13.2 Å². The minimum atomic E-state index is -3.43. The smallest absolute Gasteiger partial charge is 0.237 e. The summed E-state index contributed by atoms with van der Waals surface area (Å²) in [6.07, 6.45) is 2.54. The molecule has 0 saturated heterocycles. The first kappa shape index (κ1) is 21.0. The molecule has 152 valence electrons. The number of aromatic nitrogens is 4. The summed E-state index contributed by atoms with van der Waals surface area (Å²) in [5, 5.41) is 11.5. The molecule has 1 unspecified atom stereocenters. The summed E-state index contributed by atoms with van der Waals surface area (Å²) in [6, 6.07) is 12.4. The summed E-state index contributed by atoms with van der Waals surface area (Å²) < 4.78 is 25.4. The van der Waals surface area contributed by atoms with Gasteiger partial charge < -0.3 is 9.88 Å². The van der Waals surface area contributed by atoms with Gasteiger partial charge in [0.2, 0.25) is 5.91 Å². The molecule has 1 aromatic carbocycles. The van der Waals surface area contributed by atoms with E-state index in [0.717, 1.165) is 11.9 Å². The Morgan fingerprint density at radius 2 is 1.93 bits per heavy atom. The number of thioether (sulfide) groups is 1. The first-order valence-corrected chi connectivity index (χ1v) is 11.7. The van der Waals surface area contributed by atoms with Crippen molar-refractivity contribution in [2.24, 2.45) is 0 Å². The molecule has 10 heteroatoms. The third-order valence-electron chi connectivity index (χ3n) is 4.10. The number of rotatable bonds is 7. The van der Waals surface area contributed by atoms with Crippen molar-refractivity contribution in [3.05, 3.63) is 48.7 Å². The zero-order chi connectivity index (χ0) is 21.0. The second-order valence-electron chi connectivity index (χ2n) is 6.32. The number of anilines is 1. The number of hydrogen-bond donors (Lipinski definition) is 1. The molecule has 3 aromatic rings. The molecule has 1 atom stereocenters. The largest absolute Gasteiger partial charge is 0.325 e. The van der Waals surface area contributed by atoms with Crippen molar-refractivity contribution in [3.8, 4) is 11.4 Å². The monoisotopic (exact) mass is 431 g/mol. The van der Waals surface area contributed by atoms with E-state index in [0.29, 0.717) is 23.1 Å². The van der Waals surface area contributed by atoms with E-state index in [9.17, 15) is 13.2 Å². The maximum absolute atomic E-state index is 12.5. The lowest BCUT2D eigenvalue weighted by Gasteiger charge is -2.13. The lowest BCUT2D eigenvalue weighted by molar-refractivity contribution is -0.115. The third kappa shape index (κ3) is 5.01. The van der Waals surface area contributed by atoms with Crippen molar-refractivity contribution in [1.29, 1.82) is 0 Å². The van der Waals surface area contributed by atoms with Crippen molar-refractivity contribution in [1.82, 2.24) is 19.7 Å². The zero-order valence-corrected chi connectivity index (χ0v) is 17.9. The summed E-state index contributed by atoms with van der Waals surface area (Å²) >= 11 is 1.29. The van der Waals surface area contributed by atoms with Crippen molar-refractivity contribution in [2.75, 3.05) is 11.6 Å². The van der Waals surface area contributed by atoms with Crippen LogP contribution >= 0.6 is 11.8 Å². The number of nitrogens with one attached hydrogen (secondary N) is 1. The molecule has 0 spiro atoms.